The van der Waals surface area contributed by atoms with Gasteiger partial charge in [0, 0.05) is 11.6 Å². The number of rotatable bonds is 4. The van der Waals surface area contributed by atoms with Crippen molar-refractivity contribution in [1.82, 2.24) is 0 Å². The number of hydrogen-bond donors (Lipinski definition) is 1. The van der Waals surface area contributed by atoms with Gasteiger partial charge in [-0.1, -0.05) is 12.1 Å². The third-order valence-corrected chi connectivity index (χ3v) is 3.88. The molecule has 1 aliphatic heterocycles. The highest BCUT2D eigenvalue weighted by atomic mass is 16.5. The summed E-state index contributed by atoms with van der Waals surface area (Å²) in [5, 5.41) is 2.76. The van der Waals surface area contributed by atoms with E-state index >= 15 is 0 Å². The van der Waals surface area contributed by atoms with Crippen LogP contribution in [0.15, 0.2) is 48.5 Å². The maximum Gasteiger partial charge on any atom is 0.251 e. The summed E-state index contributed by atoms with van der Waals surface area (Å²) in [6, 6.07) is 12.5. The molecule has 1 heterocycles. The van der Waals surface area contributed by atoms with E-state index in [0.29, 0.717) is 28.4 Å². The Morgan fingerprint density at radius 3 is 2.72 bits per heavy atom. The normalized spacial score (nSPS) is 13.4. The van der Waals surface area contributed by atoms with E-state index in [1.165, 1.54) is 11.0 Å². The molecule has 128 valence electrons. The van der Waals surface area contributed by atoms with Gasteiger partial charge in [-0.15, -0.1) is 0 Å². The summed E-state index contributed by atoms with van der Waals surface area (Å²) in [4.78, 5) is 25.9. The molecule has 0 aliphatic carbocycles. The van der Waals surface area contributed by atoms with Crippen LogP contribution in [0.1, 0.15) is 5.56 Å². The number of hydrogen-bond acceptors (Lipinski definition) is 4. The van der Waals surface area contributed by atoms with Gasteiger partial charge in [-0.05, 0) is 36.4 Å². The van der Waals surface area contributed by atoms with Gasteiger partial charge in [0.1, 0.15) is 18.0 Å². The van der Waals surface area contributed by atoms with Crippen LogP contribution in [-0.4, -0.2) is 32.6 Å². The van der Waals surface area contributed by atoms with Crippen molar-refractivity contribution in [2.75, 3.05) is 31.0 Å². The standard InChI is InChI=1S/C19H18N2O4/c1-24-14-8-9-17(25-2)13(11-14)7-10-19(23)21-12-18(22)20-15-5-3-4-6-16(15)21/h3-11H,12H2,1-2H3,(H,20,22)/b10-7+. The summed E-state index contributed by atoms with van der Waals surface area (Å²) in [5.41, 5.74) is 2.01. The summed E-state index contributed by atoms with van der Waals surface area (Å²) in [6.45, 7) is -0.0184. The number of carbonyl (C=O) groups excluding carboxylic acids is 2. The zero-order valence-corrected chi connectivity index (χ0v) is 14.0. The van der Waals surface area contributed by atoms with Crippen LogP contribution in [0.2, 0.25) is 0 Å². The van der Waals surface area contributed by atoms with E-state index in [0.717, 1.165) is 0 Å². The molecule has 2 amide bonds. The molecule has 3 rings (SSSR count). The first-order chi connectivity index (χ1) is 12.1. The van der Waals surface area contributed by atoms with Gasteiger partial charge < -0.3 is 14.8 Å². The second-order valence-corrected chi connectivity index (χ2v) is 5.43. The average molecular weight is 338 g/mol. The minimum absolute atomic E-state index is 0.0184. The minimum atomic E-state index is -0.285. The first-order valence-corrected chi connectivity index (χ1v) is 7.73. The van der Waals surface area contributed by atoms with Crippen molar-refractivity contribution in [3.05, 3.63) is 54.1 Å². The lowest BCUT2D eigenvalue weighted by atomic mass is 10.1. The number of nitrogens with one attached hydrogen (secondary N) is 1. The van der Waals surface area contributed by atoms with Crippen molar-refractivity contribution in [3.63, 3.8) is 0 Å². The summed E-state index contributed by atoms with van der Waals surface area (Å²) < 4.78 is 10.5. The Morgan fingerprint density at radius 1 is 1.16 bits per heavy atom. The Labute approximate surface area is 145 Å². The smallest absolute Gasteiger partial charge is 0.251 e. The number of nitrogens with zero attached hydrogens (tertiary/aromatic N) is 1. The van der Waals surface area contributed by atoms with Gasteiger partial charge in [0.15, 0.2) is 0 Å². The highest BCUT2D eigenvalue weighted by molar-refractivity contribution is 6.13. The van der Waals surface area contributed by atoms with Crippen LogP contribution in [0.3, 0.4) is 0 Å². The molecule has 0 saturated carbocycles. The Bertz CT molecular complexity index is 845. The molecule has 6 heteroatoms. The number of carbonyl (C=O) groups is 2. The van der Waals surface area contributed by atoms with Crippen LogP contribution in [0.4, 0.5) is 11.4 Å². The molecular formula is C19H18N2O4. The fourth-order valence-corrected chi connectivity index (χ4v) is 2.65. The fraction of sp³-hybridized carbons (Fsp3) is 0.158. The average Bonchev–Trinajstić information content (AvgIpc) is 2.65. The predicted octanol–water partition coefficient (Wildman–Crippen LogP) is 2.70. The molecule has 0 radical (unpaired) electrons. The summed E-state index contributed by atoms with van der Waals surface area (Å²) in [6.07, 6.45) is 3.07. The van der Waals surface area contributed by atoms with Gasteiger partial charge in [-0.25, -0.2) is 0 Å². The topological polar surface area (TPSA) is 67.9 Å². The number of fused-ring (bicyclic) bond motifs is 1. The Balaban J connectivity index is 1.88. The van der Waals surface area contributed by atoms with Crippen molar-refractivity contribution in [2.45, 2.75) is 0 Å². The first-order valence-electron chi connectivity index (χ1n) is 7.73. The predicted molar refractivity (Wildman–Crippen MR) is 96.0 cm³/mol. The van der Waals surface area contributed by atoms with E-state index in [-0.39, 0.29) is 18.4 Å². The van der Waals surface area contributed by atoms with Crippen molar-refractivity contribution in [2.24, 2.45) is 0 Å². The summed E-state index contributed by atoms with van der Waals surface area (Å²) in [5.74, 6) is 0.781. The highest BCUT2D eigenvalue weighted by Gasteiger charge is 2.25. The lowest BCUT2D eigenvalue weighted by molar-refractivity contribution is -0.119. The van der Waals surface area contributed by atoms with E-state index in [1.807, 2.05) is 12.1 Å². The van der Waals surface area contributed by atoms with Crippen molar-refractivity contribution in [3.8, 4) is 11.5 Å². The van der Waals surface area contributed by atoms with E-state index < -0.39 is 0 Å². The summed E-state index contributed by atoms with van der Waals surface area (Å²) >= 11 is 0. The fourth-order valence-electron chi connectivity index (χ4n) is 2.65. The molecule has 2 aromatic rings. The number of ether oxygens (including phenoxy) is 2. The molecule has 0 bridgehead atoms. The molecular weight excluding hydrogens is 320 g/mol. The zero-order valence-electron chi connectivity index (χ0n) is 14.0. The molecule has 1 aliphatic rings. The number of anilines is 2. The van der Waals surface area contributed by atoms with Crippen LogP contribution >= 0.6 is 0 Å². The van der Waals surface area contributed by atoms with Crippen LogP contribution < -0.4 is 19.7 Å². The van der Waals surface area contributed by atoms with Gasteiger partial charge in [-0.3, -0.25) is 14.5 Å². The Kier molecular flexibility index (Phi) is 4.70. The molecule has 0 atom stereocenters. The third kappa shape index (κ3) is 3.47. The van der Waals surface area contributed by atoms with Crippen molar-refractivity contribution >= 4 is 29.3 Å². The van der Waals surface area contributed by atoms with Crippen molar-refractivity contribution < 1.29 is 19.1 Å². The van der Waals surface area contributed by atoms with Gasteiger partial charge in [0.2, 0.25) is 5.91 Å². The van der Waals surface area contributed by atoms with E-state index in [1.54, 1.807) is 50.6 Å². The van der Waals surface area contributed by atoms with Gasteiger partial charge >= 0.3 is 0 Å². The van der Waals surface area contributed by atoms with E-state index in [2.05, 4.69) is 5.32 Å². The largest absolute Gasteiger partial charge is 0.497 e. The minimum Gasteiger partial charge on any atom is -0.497 e. The van der Waals surface area contributed by atoms with Crippen LogP contribution in [0.5, 0.6) is 11.5 Å². The third-order valence-electron chi connectivity index (χ3n) is 3.88. The van der Waals surface area contributed by atoms with Crippen LogP contribution in [-0.2, 0) is 9.59 Å². The molecule has 25 heavy (non-hydrogen) atoms. The monoisotopic (exact) mass is 338 g/mol. The molecule has 1 N–H and O–H groups in total. The maximum atomic E-state index is 12.6. The molecule has 0 spiro atoms. The zero-order chi connectivity index (χ0) is 17.8. The SMILES string of the molecule is COc1ccc(OC)c(/C=C/C(=O)N2CC(=O)Nc3ccccc32)c1. The number of benzene rings is 2. The van der Waals surface area contributed by atoms with Gasteiger partial charge in [-0.2, -0.15) is 0 Å². The maximum absolute atomic E-state index is 12.6. The highest BCUT2D eigenvalue weighted by Crippen LogP contribution is 2.29. The Hall–Kier alpha value is -3.28. The second kappa shape index (κ2) is 7.09. The van der Waals surface area contributed by atoms with E-state index in [4.69, 9.17) is 9.47 Å². The Morgan fingerprint density at radius 2 is 1.96 bits per heavy atom. The quantitative estimate of drug-likeness (QED) is 0.871. The first kappa shape index (κ1) is 16.6. The molecule has 0 fully saturated rings. The lowest BCUT2D eigenvalue weighted by Gasteiger charge is -2.28. The second-order valence-electron chi connectivity index (χ2n) is 5.43. The summed E-state index contributed by atoms with van der Waals surface area (Å²) in [7, 11) is 3.13. The molecule has 0 unspecified atom stereocenters. The molecule has 0 saturated heterocycles. The van der Waals surface area contributed by atoms with Crippen molar-refractivity contribution in [1.29, 1.82) is 0 Å². The van der Waals surface area contributed by atoms with Crippen LogP contribution in [0.25, 0.3) is 6.08 Å². The number of amides is 2. The lowest BCUT2D eigenvalue weighted by Crippen LogP contribution is -2.41. The molecule has 2 aromatic carbocycles. The van der Waals surface area contributed by atoms with Crippen LogP contribution in [0, 0.1) is 0 Å². The van der Waals surface area contributed by atoms with E-state index in [9.17, 15) is 9.59 Å². The van der Waals surface area contributed by atoms with Gasteiger partial charge in [0.25, 0.3) is 5.91 Å². The molecule has 0 aromatic heterocycles. The molecule has 6 nitrogen and oxygen atoms in total. The number of methoxy groups -OCH3 is 2. The van der Waals surface area contributed by atoms with Gasteiger partial charge in [0.05, 0.1) is 25.6 Å². The number of para-hydroxylation sites is 2.